The van der Waals surface area contributed by atoms with Gasteiger partial charge < -0.3 is 9.64 Å². The van der Waals surface area contributed by atoms with Crippen molar-refractivity contribution in [2.45, 2.75) is 23.4 Å². The van der Waals surface area contributed by atoms with Crippen LogP contribution in [0.1, 0.15) is 35.2 Å². The number of ether oxygens (including phenoxy) is 1. The van der Waals surface area contributed by atoms with E-state index >= 15 is 0 Å². The first-order chi connectivity index (χ1) is 20.4. The summed E-state index contributed by atoms with van der Waals surface area (Å²) < 4.78 is 33.8. The van der Waals surface area contributed by atoms with Crippen LogP contribution in [0.5, 0.6) is 5.75 Å². The van der Waals surface area contributed by atoms with Gasteiger partial charge in [-0.15, -0.1) is 0 Å². The molecule has 4 aromatic rings. The van der Waals surface area contributed by atoms with Crippen LogP contribution in [0, 0.1) is 0 Å². The molecule has 1 amide bonds. The van der Waals surface area contributed by atoms with Gasteiger partial charge in [-0.2, -0.15) is 4.31 Å². The second-order valence-electron chi connectivity index (χ2n) is 10.5. The smallest absolute Gasteiger partial charge is 0.243 e. The van der Waals surface area contributed by atoms with E-state index in [1.807, 2.05) is 29.2 Å². The van der Waals surface area contributed by atoms with E-state index in [0.717, 1.165) is 5.56 Å². The van der Waals surface area contributed by atoms with E-state index in [0.29, 0.717) is 31.9 Å². The lowest BCUT2D eigenvalue weighted by Crippen LogP contribution is -2.50. The van der Waals surface area contributed by atoms with E-state index in [2.05, 4.69) is 53.4 Å². The van der Waals surface area contributed by atoms with Crippen molar-refractivity contribution in [3.8, 4) is 5.75 Å². The quantitative estimate of drug-likeness (QED) is 0.251. The highest BCUT2D eigenvalue weighted by Gasteiger charge is 2.34. The Morgan fingerprint density at radius 1 is 0.738 bits per heavy atom. The average molecular weight is 584 g/mol. The molecule has 0 N–H and O–H groups in total. The molecule has 1 atom stereocenters. The van der Waals surface area contributed by atoms with Crippen molar-refractivity contribution >= 4 is 15.9 Å². The second-order valence-corrected chi connectivity index (χ2v) is 12.5. The summed E-state index contributed by atoms with van der Waals surface area (Å²) in [6, 6.07) is 35.9. The van der Waals surface area contributed by atoms with Gasteiger partial charge in [-0.25, -0.2) is 8.42 Å². The minimum atomic E-state index is -3.84. The lowest BCUT2D eigenvalue weighted by molar-refractivity contribution is -0.134. The molecule has 7 nitrogen and oxygen atoms in total. The highest BCUT2D eigenvalue weighted by atomic mass is 32.2. The van der Waals surface area contributed by atoms with Crippen LogP contribution in [-0.2, 0) is 14.8 Å². The molecule has 1 heterocycles. The molecule has 0 aliphatic carbocycles. The zero-order valence-corrected chi connectivity index (χ0v) is 24.9. The fourth-order valence-corrected chi connectivity index (χ4v) is 6.98. The molecular weight excluding hydrogens is 546 g/mol. The Hall–Kier alpha value is -3.98. The Morgan fingerprint density at radius 2 is 1.24 bits per heavy atom. The van der Waals surface area contributed by atoms with Crippen LogP contribution in [0.4, 0.5) is 0 Å². The first-order valence-electron chi connectivity index (χ1n) is 14.2. The Morgan fingerprint density at radius 3 is 1.74 bits per heavy atom. The first-order valence-corrected chi connectivity index (χ1v) is 15.6. The minimum absolute atomic E-state index is 0.0374. The van der Waals surface area contributed by atoms with Crippen LogP contribution in [0.2, 0.25) is 0 Å². The monoisotopic (exact) mass is 583 g/mol. The standard InChI is InChI=1S/C34H37N3O4S/c1-35(42(39,40)31-16-10-5-11-17-31)32(27-18-20-30(41-2)21-19-27)26-33(38)36-22-24-37(25-23-36)34(28-12-6-3-7-13-28)29-14-8-4-9-15-29/h3-21,32,34H,22-26H2,1-2H3/t32-/m1/s1. The van der Waals surface area contributed by atoms with Crippen LogP contribution in [0.15, 0.2) is 120 Å². The van der Waals surface area contributed by atoms with Gasteiger partial charge in [-0.3, -0.25) is 9.69 Å². The van der Waals surface area contributed by atoms with Crippen LogP contribution in [-0.4, -0.2) is 68.8 Å². The fraction of sp³-hybridized carbons (Fsp3) is 0.265. The molecule has 218 valence electrons. The van der Waals surface area contributed by atoms with E-state index in [1.165, 1.54) is 15.4 Å². The molecule has 1 fully saturated rings. The summed E-state index contributed by atoms with van der Waals surface area (Å²) in [7, 11) is -0.703. The number of methoxy groups -OCH3 is 1. The number of hydrogen-bond donors (Lipinski definition) is 0. The Labute approximate surface area is 249 Å². The van der Waals surface area contributed by atoms with E-state index in [4.69, 9.17) is 4.74 Å². The highest BCUT2D eigenvalue weighted by Crippen LogP contribution is 2.32. The number of carbonyl (C=O) groups is 1. The van der Waals surface area contributed by atoms with E-state index in [1.54, 1.807) is 56.6 Å². The molecule has 5 rings (SSSR count). The van der Waals surface area contributed by atoms with Crippen molar-refractivity contribution in [2.24, 2.45) is 0 Å². The number of benzene rings is 4. The average Bonchev–Trinajstić information content (AvgIpc) is 3.05. The molecule has 4 aromatic carbocycles. The summed E-state index contributed by atoms with van der Waals surface area (Å²) in [4.78, 5) is 18.2. The zero-order valence-electron chi connectivity index (χ0n) is 24.0. The summed E-state index contributed by atoms with van der Waals surface area (Å²) in [5, 5.41) is 0. The number of hydrogen-bond acceptors (Lipinski definition) is 5. The van der Waals surface area contributed by atoms with E-state index < -0.39 is 16.1 Å². The van der Waals surface area contributed by atoms with Crippen molar-refractivity contribution in [1.29, 1.82) is 0 Å². The molecule has 1 aliphatic rings. The maximum Gasteiger partial charge on any atom is 0.243 e. The number of sulfonamides is 1. The van der Waals surface area contributed by atoms with Crippen molar-refractivity contribution in [1.82, 2.24) is 14.1 Å². The molecule has 0 aromatic heterocycles. The highest BCUT2D eigenvalue weighted by molar-refractivity contribution is 7.89. The molecule has 0 saturated carbocycles. The minimum Gasteiger partial charge on any atom is -0.497 e. The van der Waals surface area contributed by atoms with Gasteiger partial charge in [0.2, 0.25) is 15.9 Å². The Kier molecular flexibility index (Phi) is 9.37. The molecule has 0 bridgehead atoms. The number of rotatable bonds is 10. The first kappa shape index (κ1) is 29.5. The SMILES string of the molecule is COc1ccc([C@@H](CC(=O)N2CCN(C(c3ccccc3)c3ccccc3)CC2)N(C)S(=O)(=O)c2ccccc2)cc1. The Bertz CT molecular complexity index is 1500. The largest absolute Gasteiger partial charge is 0.497 e. The number of carbonyl (C=O) groups excluding carboxylic acids is 1. The van der Waals surface area contributed by atoms with E-state index in [-0.39, 0.29) is 23.3 Å². The number of piperazine rings is 1. The lowest BCUT2D eigenvalue weighted by atomic mass is 9.96. The maximum atomic E-state index is 13.8. The van der Waals surface area contributed by atoms with E-state index in [9.17, 15) is 13.2 Å². The predicted octanol–water partition coefficient (Wildman–Crippen LogP) is 5.38. The number of amides is 1. The van der Waals surface area contributed by atoms with Crippen LogP contribution < -0.4 is 4.74 Å². The maximum absolute atomic E-state index is 13.8. The predicted molar refractivity (Wildman–Crippen MR) is 165 cm³/mol. The van der Waals surface area contributed by atoms with Gasteiger partial charge in [0.1, 0.15) is 5.75 Å². The van der Waals surface area contributed by atoms with Crippen LogP contribution in [0.3, 0.4) is 0 Å². The van der Waals surface area contributed by atoms with Gasteiger partial charge >= 0.3 is 0 Å². The summed E-state index contributed by atoms with van der Waals surface area (Å²) >= 11 is 0. The molecular formula is C34H37N3O4S. The van der Waals surface area contributed by atoms with Crippen molar-refractivity contribution in [3.63, 3.8) is 0 Å². The zero-order chi connectivity index (χ0) is 29.5. The van der Waals surface area contributed by atoms with Crippen molar-refractivity contribution in [2.75, 3.05) is 40.3 Å². The summed E-state index contributed by atoms with van der Waals surface area (Å²) in [5.41, 5.74) is 3.17. The van der Waals surface area contributed by atoms with Crippen LogP contribution >= 0.6 is 0 Å². The fourth-order valence-electron chi connectivity index (χ4n) is 5.62. The van der Waals surface area contributed by atoms with Crippen molar-refractivity contribution in [3.05, 3.63) is 132 Å². The lowest BCUT2D eigenvalue weighted by Gasteiger charge is -2.40. The van der Waals surface area contributed by atoms with Gasteiger partial charge in [-0.05, 0) is 41.0 Å². The normalized spacial score (nSPS) is 15.1. The van der Waals surface area contributed by atoms with Gasteiger partial charge in [0, 0.05) is 39.6 Å². The number of nitrogens with zero attached hydrogens (tertiary/aromatic N) is 3. The third-order valence-electron chi connectivity index (χ3n) is 7.99. The Balaban J connectivity index is 1.34. The third kappa shape index (κ3) is 6.57. The van der Waals surface area contributed by atoms with Gasteiger partial charge in [0.25, 0.3) is 0 Å². The topological polar surface area (TPSA) is 70.2 Å². The summed E-state index contributed by atoms with van der Waals surface area (Å²) in [5.74, 6) is 0.599. The van der Waals surface area contributed by atoms with Gasteiger partial charge in [0.05, 0.1) is 24.1 Å². The second kappa shape index (κ2) is 13.3. The molecule has 0 spiro atoms. The molecule has 1 saturated heterocycles. The summed E-state index contributed by atoms with van der Waals surface area (Å²) in [6.45, 7) is 2.57. The van der Waals surface area contributed by atoms with Gasteiger partial charge in [-0.1, -0.05) is 91.0 Å². The molecule has 1 aliphatic heterocycles. The third-order valence-corrected chi connectivity index (χ3v) is 9.87. The van der Waals surface area contributed by atoms with Crippen molar-refractivity contribution < 1.29 is 17.9 Å². The van der Waals surface area contributed by atoms with Crippen LogP contribution in [0.25, 0.3) is 0 Å². The van der Waals surface area contributed by atoms with Gasteiger partial charge in [0.15, 0.2) is 0 Å². The molecule has 8 heteroatoms. The molecule has 0 radical (unpaired) electrons. The summed E-state index contributed by atoms with van der Waals surface area (Å²) in [6.07, 6.45) is 0.0374. The molecule has 0 unspecified atom stereocenters. The molecule has 42 heavy (non-hydrogen) atoms.